The third-order valence-corrected chi connectivity index (χ3v) is 5.43. The number of carbonyl (C=O) groups excluding carboxylic acids is 1. The molecule has 0 saturated carbocycles. The monoisotopic (exact) mass is 386 g/mol. The zero-order valence-electron chi connectivity index (χ0n) is 13.0. The summed E-state index contributed by atoms with van der Waals surface area (Å²) in [4.78, 5) is 12.5. The van der Waals surface area contributed by atoms with Gasteiger partial charge in [-0.3, -0.25) is 9.52 Å². The van der Waals surface area contributed by atoms with E-state index in [4.69, 9.17) is 23.2 Å². The average molecular weight is 387 g/mol. The molecule has 5 nitrogen and oxygen atoms in total. The van der Waals surface area contributed by atoms with Crippen LogP contribution in [0.2, 0.25) is 10.0 Å². The highest BCUT2D eigenvalue weighted by Gasteiger charge is 2.20. The van der Waals surface area contributed by atoms with E-state index in [-0.39, 0.29) is 11.3 Å². The van der Waals surface area contributed by atoms with Crippen molar-refractivity contribution in [1.82, 2.24) is 0 Å². The van der Waals surface area contributed by atoms with Crippen molar-refractivity contribution < 1.29 is 13.2 Å². The highest BCUT2D eigenvalue weighted by molar-refractivity contribution is 7.93. The van der Waals surface area contributed by atoms with E-state index < -0.39 is 21.2 Å². The standard InChI is InChI=1S/C16H16Cl2N2O3S/c1-10(2)24(22,23)20-15-8-5-12(18)9-14(15)16(21)19-13-6-3-11(17)4-7-13/h3-10,20H,1-2H3,(H,19,21). The van der Waals surface area contributed by atoms with E-state index in [2.05, 4.69) is 10.0 Å². The van der Waals surface area contributed by atoms with Crippen LogP contribution in [0.5, 0.6) is 0 Å². The van der Waals surface area contributed by atoms with Crippen LogP contribution in [0.1, 0.15) is 24.2 Å². The van der Waals surface area contributed by atoms with Gasteiger partial charge in [-0.15, -0.1) is 0 Å². The second-order valence-corrected chi connectivity index (χ2v) is 8.46. The summed E-state index contributed by atoms with van der Waals surface area (Å²) < 4.78 is 26.6. The molecule has 0 unspecified atom stereocenters. The Morgan fingerprint density at radius 2 is 1.58 bits per heavy atom. The van der Waals surface area contributed by atoms with Gasteiger partial charge in [-0.25, -0.2) is 8.42 Å². The smallest absolute Gasteiger partial charge is 0.257 e. The third kappa shape index (κ3) is 4.63. The SMILES string of the molecule is CC(C)S(=O)(=O)Nc1ccc(Cl)cc1C(=O)Nc1ccc(Cl)cc1. The van der Waals surface area contributed by atoms with Crippen LogP contribution >= 0.6 is 23.2 Å². The molecule has 0 aliphatic carbocycles. The number of halogens is 2. The van der Waals surface area contributed by atoms with Gasteiger partial charge in [0.1, 0.15) is 0 Å². The van der Waals surface area contributed by atoms with Crippen LogP contribution in [-0.4, -0.2) is 19.6 Å². The molecule has 1 amide bonds. The molecule has 0 aliphatic heterocycles. The van der Waals surface area contributed by atoms with E-state index in [0.717, 1.165) is 0 Å². The molecule has 0 atom stereocenters. The van der Waals surface area contributed by atoms with Gasteiger partial charge in [0.25, 0.3) is 5.91 Å². The molecule has 0 spiro atoms. The van der Waals surface area contributed by atoms with Crippen molar-refractivity contribution in [3.05, 3.63) is 58.1 Å². The molecule has 0 saturated heterocycles. The highest BCUT2D eigenvalue weighted by Crippen LogP contribution is 2.24. The predicted octanol–water partition coefficient (Wildman–Crippen LogP) is 4.40. The quantitative estimate of drug-likeness (QED) is 0.799. The maximum absolute atomic E-state index is 12.5. The molecule has 2 aromatic rings. The fraction of sp³-hybridized carbons (Fsp3) is 0.188. The van der Waals surface area contributed by atoms with Gasteiger partial charge >= 0.3 is 0 Å². The normalized spacial score (nSPS) is 11.4. The van der Waals surface area contributed by atoms with Gasteiger partial charge in [0.2, 0.25) is 10.0 Å². The number of nitrogens with one attached hydrogen (secondary N) is 2. The van der Waals surface area contributed by atoms with Crippen LogP contribution in [-0.2, 0) is 10.0 Å². The number of anilines is 2. The van der Waals surface area contributed by atoms with Crippen LogP contribution in [0.15, 0.2) is 42.5 Å². The van der Waals surface area contributed by atoms with Crippen molar-refractivity contribution in [3.63, 3.8) is 0 Å². The summed E-state index contributed by atoms with van der Waals surface area (Å²) in [5.74, 6) is -0.485. The first kappa shape index (κ1) is 18.6. The van der Waals surface area contributed by atoms with Crippen molar-refractivity contribution in [3.8, 4) is 0 Å². The Labute approximate surface area is 151 Å². The maximum atomic E-state index is 12.5. The molecular formula is C16H16Cl2N2O3S. The maximum Gasteiger partial charge on any atom is 0.257 e. The van der Waals surface area contributed by atoms with E-state index in [1.165, 1.54) is 18.2 Å². The van der Waals surface area contributed by atoms with Crippen molar-refractivity contribution in [2.45, 2.75) is 19.1 Å². The van der Waals surface area contributed by atoms with Crippen molar-refractivity contribution in [2.75, 3.05) is 10.0 Å². The number of amides is 1. The predicted molar refractivity (Wildman–Crippen MR) is 98.5 cm³/mol. The topological polar surface area (TPSA) is 75.3 Å². The Morgan fingerprint density at radius 1 is 1.00 bits per heavy atom. The lowest BCUT2D eigenvalue weighted by Crippen LogP contribution is -2.24. The molecule has 8 heteroatoms. The Balaban J connectivity index is 2.32. The lowest BCUT2D eigenvalue weighted by atomic mass is 10.1. The second kappa shape index (κ2) is 7.42. The molecular weight excluding hydrogens is 371 g/mol. The summed E-state index contributed by atoms with van der Waals surface area (Å²) in [6.07, 6.45) is 0. The first-order chi connectivity index (χ1) is 11.2. The van der Waals surface area contributed by atoms with Crippen LogP contribution < -0.4 is 10.0 Å². The first-order valence-electron chi connectivity index (χ1n) is 7.07. The van der Waals surface area contributed by atoms with E-state index in [1.54, 1.807) is 38.1 Å². The summed E-state index contributed by atoms with van der Waals surface area (Å²) in [5.41, 5.74) is 0.822. The van der Waals surface area contributed by atoms with Crippen LogP contribution in [0.4, 0.5) is 11.4 Å². The number of sulfonamides is 1. The number of hydrogen-bond donors (Lipinski definition) is 2. The Morgan fingerprint density at radius 3 is 2.17 bits per heavy atom. The van der Waals surface area contributed by atoms with Gasteiger partial charge in [0.05, 0.1) is 16.5 Å². The fourth-order valence-electron chi connectivity index (χ4n) is 1.80. The fourth-order valence-corrected chi connectivity index (χ4v) is 2.81. The van der Waals surface area contributed by atoms with Crippen molar-refractivity contribution in [2.24, 2.45) is 0 Å². The molecule has 128 valence electrons. The van der Waals surface area contributed by atoms with Crippen molar-refractivity contribution in [1.29, 1.82) is 0 Å². The largest absolute Gasteiger partial charge is 0.322 e. The van der Waals surface area contributed by atoms with E-state index in [9.17, 15) is 13.2 Å². The van der Waals surface area contributed by atoms with Crippen LogP contribution in [0.3, 0.4) is 0 Å². The lowest BCUT2D eigenvalue weighted by Gasteiger charge is -2.15. The minimum atomic E-state index is -3.59. The Hall–Kier alpha value is -1.76. The van der Waals surface area contributed by atoms with E-state index >= 15 is 0 Å². The molecule has 2 N–H and O–H groups in total. The first-order valence-corrected chi connectivity index (χ1v) is 9.37. The van der Waals surface area contributed by atoms with Crippen LogP contribution in [0, 0.1) is 0 Å². The zero-order valence-corrected chi connectivity index (χ0v) is 15.3. The summed E-state index contributed by atoms with van der Waals surface area (Å²) in [6.45, 7) is 3.09. The van der Waals surface area contributed by atoms with E-state index in [0.29, 0.717) is 15.7 Å². The zero-order chi connectivity index (χ0) is 17.9. The molecule has 0 bridgehead atoms. The summed E-state index contributed by atoms with van der Waals surface area (Å²) in [7, 11) is -3.59. The van der Waals surface area contributed by atoms with Gasteiger partial charge in [-0.1, -0.05) is 23.2 Å². The number of hydrogen-bond acceptors (Lipinski definition) is 3. The summed E-state index contributed by atoms with van der Waals surface area (Å²) in [5, 5.41) is 2.90. The number of carbonyl (C=O) groups is 1. The molecule has 0 aromatic heterocycles. The molecule has 0 fully saturated rings. The minimum absolute atomic E-state index is 0.127. The van der Waals surface area contributed by atoms with Crippen LogP contribution in [0.25, 0.3) is 0 Å². The minimum Gasteiger partial charge on any atom is -0.322 e. The van der Waals surface area contributed by atoms with Gasteiger partial charge < -0.3 is 5.32 Å². The highest BCUT2D eigenvalue weighted by atomic mass is 35.5. The Kier molecular flexibility index (Phi) is 5.74. The van der Waals surface area contributed by atoms with Gasteiger partial charge in [-0.2, -0.15) is 0 Å². The number of benzene rings is 2. The molecule has 2 aromatic carbocycles. The number of rotatable bonds is 5. The Bertz CT molecular complexity index is 850. The van der Waals surface area contributed by atoms with Gasteiger partial charge in [0, 0.05) is 15.7 Å². The van der Waals surface area contributed by atoms with Gasteiger partial charge in [0.15, 0.2) is 0 Å². The molecule has 2 rings (SSSR count). The average Bonchev–Trinajstić information content (AvgIpc) is 2.51. The second-order valence-electron chi connectivity index (χ2n) is 5.35. The lowest BCUT2D eigenvalue weighted by molar-refractivity contribution is 0.102. The molecule has 0 radical (unpaired) electrons. The molecule has 0 aliphatic rings. The van der Waals surface area contributed by atoms with Crippen molar-refractivity contribution >= 4 is 50.5 Å². The van der Waals surface area contributed by atoms with Gasteiger partial charge in [-0.05, 0) is 56.3 Å². The summed E-state index contributed by atoms with van der Waals surface area (Å²) in [6, 6.07) is 10.9. The van der Waals surface area contributed by atoms with E-state index in [1.807, 2.05) is 0 Å². The molecule has 24 heavy (non-hydrogen) atoms. The summed E-state index contributed by atoms with van der Waals surface area (Å²) >= 11 is 11.8. The third-order valence-electron chi connectivity index (χ3n) is 3.20. The molecule has 0 heterocycles.